The van der Waals surface area contributed by atoms with Gasteiger partial charge in [0.2, 0.25) is 5.95 Å². The van der Waals surface area contributed by atoms with Crippen molar-refractivity contribution in [2.45, 2.75) is 38.6 Å². The second kappa shape index (κ2) is 7.98. The molecule has 0 spiro atoms. The number of ether oxygens (including phenoxy) is 1. The van der Waals surface area contributed by atoms with Crippen LogP contribution in [0.1, 0.15) is 32.8 Å². The minimum atomic E-state index is -1.06. The highest BCUT2D eigenvalue weighted by atomic mass is 16.5. The molecule has 1 aromatic rings. The van der Waals surface area contributed by atoms with Gasteiger partial charge in [0.05, 0.1) is 18.6 Å². The Morgan fingerprint density at radius 2 is 1.96 bits per heavy atom. The molecule has 1 atom stereocenters. The molecule has 8 heteroatoms. The summed E-state index contributed by atoms with van der Waals surface area (Å²) in [6.45, 7) is 11.0. The molecule has 0 aromatic carbocycles. The van der Waals surface area contributed by atoms with E-state index in [1.807, 2.05) is 0 Å². The van der Waals surface area contributed by atoms with Gasteiger partial charge in [-0.25, -0.2) is 4.98 Å². The van der Waals surface area contributed by atoms with E-state index < -0.39 is 11.4 Å². The summed E-state index contributed by atoms with van der Waals surface area (Å²) in [5.41, 5.74) is -0.401. The first-order valence-electron chi connectivity index (χ1n) is 9.73. The van der Waals surface area contributed by atoms with Crippen LogP contribution in [0, 0.1) is 0 Å². The Hall–Kier alpha value is -1.93. The fourth-order valence-electron chi connectivity index (χ4n) is 3.66. The zero-order chi connectivity index (χ0) is 19.6. The van der Waals surface area contributed by atoms with Crippen molar-refractivity contribution in [3.63, 3.8) is 0 Å². The number of anilines is 2. The highest BCUT2D eigenvalue weighted by Crippen LogP contribution is 2.33. The Kier molecular flexibility index (Phi) is 5.86. The van der Waals surface area contributed by atoms with Crippen LogP contribution in [-0.4, -0.2) is 85.0 Å². The lowest BCUT2D eigenvalue weighted by Crippen LogP contribution is -2.51. The number of aromatic nitrogens is 2. The first kappa shape index (κ1) is 19.8. The molecule has 2 fully saturated rings. The number of carboxylic acid groups (broad SMARTS) is 1. The van der Waals surface area contributed by atoms with Crippen LogP contribution < -0.4 is 9.80 Å². The lowest BCUT2D eigenvalue weighted by Gasteiger charge is -2.40. The largest absolute Gasteiger partial charge is 0.481 e. The maximum atomic E-state index is 11.8. The van der Waals surface area contributed by atoms with Crippen molar-refractivity contribution in [1.82, 2.24) is 14.9 Å². The number of likely N-dealkylation sites (N-methyl/N-ethyl adjacent to an activating group) is 1. The van der Waals surface area contributed by atoms with E-state index in [4.69, 9.17) is 9.72 Å². The first-order chi connectivity index (χ1) is 12.8. The Labute approximate surface area is 161 Å². The van der Waals surface area contributed by atoms with Gasteiger partial charge in [-0.1, -0.05) is 6.92 Å². The van der Waals surface area contributed by atoms with Gasteiger partial charge in [-0.3, -0.25) is 9.69 Å². The molecule has 1 N–H and O–H groups in total. The summed E-state index contributed by atoms with van der Waals surface area (Å²) in [4.78, 5) is 28.0. The van der Waals surface area contributed by atoms with E-state index in [0.717, 1.165) is 31.9 Å². The smallest absolute Gasteiger partial charge is 0.313 e. The van der Waals surface area contributed by atoms with Gasteiger partial charge in [-0.05, 0) is 27.3 Å². The summed E-state index contributed by atoms with van der Waals surface area (Å²) >= 11 is 0. The number of hydrogen-bond acceptors (Lipinski definition) is 7. The minimum Gasteiger partial charge on any atom is -0.481 e. The van der Waals surface area contributed by atoms with E-state index >= 15 is 0 Å². The molecular formula is C19H31N5O3. The Balaban J connectivity index is 1.96. The maximum absolute atomic E-state index is 11.8. The molecule has 150 valence electrons. The molecule has 0 unspecified atom stereocenters. The Bertz CT molecular complexity index is 675. The van der Waals surface area contributed by atoms with Crippen molar-refractivity contribution in [1.29, 1.82) is 0 Å². The number of carbonyl (C=O) groups is 1. The SMILES string of the molecule is CC[C@H]1CN(c2ncc(C(C)(C)C(=O)O)c(N3CCOCC3)n2)CCN1C. The van der Waals surface area contributed by atoms with E-state index in [2.05, 4.69) is 33.7 Å². The molecule has 3 heterocycles. The molecule has 2 aliphatic rings. The van der Waals surface area contributed by atoms with E-state index in [-0.39, 0.29) is 0 Å². The molecule has 0 saturated carbocycles. The fourth-order valence-corrected chi connectivity index (χ4v) is 3.66. The van der Waals surface area contributed by atoms with Crippen molar-refractivity contribution >= 4 is 17.7 Å². The molecule has 27 heavy (non-hydrogen) atoms. The van der Waals surface area contributed by atoms with Crippen LogP contribution >= 0.6 is 0 Å². The number of hydrogen-bond donors (Lipinski definition) is 1. The van der Waals surface area contributed by atoms with Crippen LogP contribution in [-0.2, 0) is 14.9 Å². The maximum Gasteiger partial charge on any atom is 0.313 e. The third-order valence-corrected chi connectivity index (χ3v) is 5.81. The lowest BCUT2D eigenvalue weighted by molar-refractivity contribution is -0.142. The average molecular weight is 377 g/mol. The second-order valence-electron chi connectivity index (χ2n) is 7.93. The topological polar surface area (TPSA) is 82.0 Å². The molecule has 0 bridgehead atoms. The molecule has 0 amide bonds. The standard InChI is InChI=1S/C19H31N5O3/c1-5-14-13-24(7-6-22(14)4)18-20-12-15(19(2,3)17(25)26)16(21-18)23-8-10-27-11-9-23/h12,14H,5-11,13H2,1-4H3,(H,25,26)/t14-/m0/s1. The summed E-state index contributed by atoms with van der Waals surface area (Å²) < 4.78 is 5.46. The quantitative estimate of drug-likeness (QED) is 0.820. The highest BCUT2D eigenvalue weighted by Gasteiger charge is 2.36. The van der Waals surface area contributed by atoms with Crippen LogP contribution in [0.4, 0.5) is 11.8 Å². The third-order valence-electron chi connectivity index (χ3n) is 5.81. The molecule has 0 aliphatic carbocycles. The van der Waals surface area contributed by atoms with Crippen LogP contribution in [0.3, 0.4) is 0 Å². The van der Waals surface area contributed by atoms with Gasteiger partial charge in [0.1, 0.15) is 5.82 Å². The predicted octanol–water partition coefficient (Wildman–Crippen LogP) is 1.21. The predicted molar refractivity (Wildman–Crippen MR) is 105 cm³/mol. The van der Waals surface area contributed by atoms with Gasteiger partial charge in [0.15, 0.2) is 0 Å². The van der Waals surface area contributed by atoms with Crippen molar-refractivity contribution < 1.29 is 14.6 Å². The lowest BCUT2D eigenvalue weighted by atomic mass is 9.85. The number of carboxylic acids is 1. The minimum absolute atomic E-state index is 0.476. The Morgan fingerprint density at radius 1 is 1.26 bits per heavy atom. The van der Waals surface area contributed by atoms with Crippen molar-refractivity contribution in [2.24, 2.45) is 0 Å². The van der Waals surface area contributed by atoms with Crippen molar-refractivity contribution in [3.05, 3.63) is 11.8 Å². The average Bonchev–Trinajstić information content (AvgIpc) is 2.68. The van der Waals surface area contributed by atoms with Gasteiger partial charge in [-0.2, -0.15) is 4.98 Å². The third kappa shape index (κ3) is 4.01. The molecular weight excluding hydrogens is 346 g/mol. The zero-order valence-electron chi connectivity index (χ0n) is 16.8. The second-order valence-corrected chi connectivity index (χ2v) is 7.93. The summed E-state index contributed by atoms with van der Waals surface area (Å²) in [5.74, 6) is 0.537. The van der Waals surface area contributed by atoms with Gasteiger partial charge >= 0.3 is 5.97 Å². The molecule has 2 saturated heterocycles. The Morgan fingerprint density at radius 3 is 2.59 bits per heavy atom. The van der Waals surface area contributed by atoms with Gasteiger partial charge in [0.25, 0.3) is 0 Å². The number of nitrogens with zero attached hydrogens (tertiary/aromatic N) is 5. The van der Waals surface area contributed by atoms with Crippen LogP contribution in [0.15, 0.2) is 6.20 Å². The van der Waals surface area contributed by atoms with Crippen LogP contribution in [0.2, 0.25) is 0 Å². The van der Waals surface area contributed by atoms with Gasteiger partial charge in [0, 0.05) is 50.5 Å². The number of rotatable bonds is 5. The van der Waals surface area contributed by atoms with Gasteiger partial charge in [-0.15, -0.1) is 0 Å². The summed E-state index contributed by atoms with van der Waals surface area (Å²) in [5, 5.41) is 9.72. The van der Waals surface area contributed by atoms with Crippen molar-refractivity contribution in [2.75, 3.05) is 62.8 Å². The van der Waals surface area contributed by atoms with Crippen LogP contribution in [0.25, 0.3) is 0 Å². The molecule has 3 rings (SSSR count). The summed E-state index contributed by atoms with van der Waals surface area (Å²) in [6, 6.07) is 0.476. The number of piperazine rings is 1. The normalized spacial score (nSPS) is 22.1. The zero-order valence-corrected chi connectivity index (χ0v) is 16.8. The van der Waals surface area contributed by atoms with E-state index in [1.165, 1.54) is 0 Å². The first-order valence-corrected chi connectivity index (χ1v) is 9.73. The highest BCUT2D eigenvalue weighted by molar-refractivity contribution is 5.82. The molecule has 1 aromatic heterocycles. The summed E-state index contributed by atoms with van der Waals surface area (Å²) in [6.07, 6.45) is 2.79. The van der Waals surface area contributed by atoms with E-state index in [1.54, 1.807) is 20.0 Å². The monoisotopic (exact) mass is 377 g/mol. The van der Waals surface area contributed by atoms with Gasteiger partial charge < -0.3 is 19.6 Å². The van der Waals surface area contributed by atoms with Crippen LogP contribution in [0.5, 0.6) is 0 Å². The number of aliphatic carboxylic acids is 1. The molecule has 8 nitrogen and oxygen atoms in total. The van der Waals surface area contributed by atoms with Crippen molar-refractivity contribution in [3.8, 4) is 0 Å². The summed E-state index contributed by atoms with van der Waals surface area (Å²) in [7, 11) is 2.16. The van der Waals surface area contributed by atoms with E-state index in [0.29, 0.717) is 43.9 Å². The molecule has 0 radical (unpaired) electrons. The number of morpholine rings is 1. The molecule has 2 aliphatic heterocycles. The fraction of sp³-hybridized carbons (Fsp3) is 0.737. The van der Waals surface area contributed by atoms with E-state index in [9.17, 15) is 9.90 Å².